The third kappa shape index (κ3) is 1.76. The Morgan fingerprint density at radius 1 is 1.33 bits per heavy atom. The molecule has 1 unspecified atom stereocenters. The number of benzene rings is 1. The summed E-state index contributed by atoms with van der Waals surface area (Å²) in [4.78, 5) is 0. The summed E-state index contributed by atoms with van der Waals surface area (Å²) in [6, 6.07) is 6.37. The maximum absolute atomic E-state index is 5.41. The van der Waals surface area contributed by atoms with E-state index < -0.39 is 0 Å². The molecule has 0 aliphatic heterocycles. The van der Waals surface area contributed by atoms with Crippen LogP contribution in [0.1, 0.15) is 29.7 Å². The van der Waals surface area contributed by atoms with E-state index in [0.717, 1.165) is 10.5 Å². The van der Waals surface area contributed by atoms with Crippen molar-refractivity contribution in [2.75, 3.05) is 0 Å². The molecule has 0 aliphatic rings. The Hall–Kier alpha value is -0.603. The standard InChI is InChI=1S/C10H16OSi/c1-7-5-4-6-10(8(7)2)9(3)11-12/h4-6,9H,1-3,12H3. The normalized spacial score (nSPS) is 13.2. The fourth-order valence-electron chi connectivity index (χ4n) is 1.34. The molecule has 0 aliphatic carbocycles. The molecule has 0 bridgehead atoms. The lowest BCUT2D eigenvalue weighted by molar-refractivity contribution is 0.250. The molecule has 0 heterocycles. The van der Waals surface area contributed by atoms with Crippen LogP contribution in [0, 0.1) is 13.8 Å². The van der Waals surface area contributed by atoms with Gasteiger partial charge in [-0.15, -0.1) is 0 Å². The molecule has 0 aromatic heterocycles. The van der Waals surface area contributed by atoms with Gasteiger partial charge >= 0.3 is 0 Å². The van der Waals surface area contributed by atoms with Gasteiger partial charge in [0.1, 0.15) is 10.5 Å². The SMILES string of the molecule is Cc1cccc(C(C)O[SiH3])c1C. The molecule has 0 fully saturated rings. The molecular formula is C10H16OSi. The van der Waals surface area contributed by atoms with Crippen molar-refractivity contribution in [2.24, 2.45) is 0 Å². The van der Waals surface area contributed by atoms with Crippen molar-refractivity contribution in [3.05, 3.63) is 34.9 Å². The first-order chi connectivity index (χ1) is 5.66. The fourth-order valence-corrected chi connectivity index (χ4v) is 1.60. The molecule has 1 nitrogen and oxygen atoms in total. The number of hydrogen-bond acceptors (Lipinski definition) is 1. The van der Waals surface area contributed by atoms with Gasteiger partial charge in [0.25, 0.3) is 0 Å². The van der Waals surface area contributed by atoms with Crippen molar-refractivity contribution in [1.29, 1.82) is 0 Å². The summed E-state index contributed by atoms with van der Waals surface area (Å²) in [6.07, 6.45) is 0.261. The zero-order chi connectivity index (χ0) is 9.14. The summed E-state index contributed by atoms with van der Waals surface area (Å²) in [5.41, 5.74) is 4.03. The van der Waals surface area contributed by atoms with Crippen LogP contribution in [0.3, 0.4) is 0 Å². The first kappa shape index (κ1) is 9.48. The second kappa shape index (κ2) is 3.87. The van der Waals surface area contributed by atoms with Crippen LogP contribution in [0.25, 0.3) is 0 Å². The topological polar surface area (TPSA) is 9.23 Å². The number of aryl methyl sites for hydroxylation is 1. The second-order valence-electron chi connectivity index (χ2n) is 3.17. The highest BCUT2D eigenvalue weighted by atomic mass is 28.2. The molecule has 1 aromatic carbocycles. The molecule has 0 N–H and O–H groups in total. The van der Waals surface area contributed by atoms with Gasteiger partial charge < -0.3 is 4.43 Å². The summed E-state index contributed by atoms with van der Waals surface area (Å²) in [6.45, 7) is 6.40. The number of hydrogen-bond donors (Lipinski definition) is 0. The summed E-state index contributed by atoms with van der Waals surface area (Å²) in [5.74, 6) is 0. The molecule has 1 rings (SSSR count). The molecule has 0 saturated carbocycles. The summed E-state index contributed by atoms with van der Waals surface area (Å²) in [7, 11) is 0.803. The molecule has 1 atom stereocenters. The van der Waals surface area contributed by atoms with E-state index in [2.05, 4.69) is 39.0 Å². The van der Waals surface area contributed by atoms with Gasteiger partial charge in [-0.05, 0) is 37.5 Å². The van der Waals surface area contributed by atoms with Gasteiger partial charge in [0, 0.05) is 0 Å². The molecule has 1 aromatic rings. The van der Waals surface area contributed by atoms with Gasteiger partial charge in [-0.3, -0.25) is 0 Å². The molecule has 0 saturated heterocycles. The molecule has 66 valence electrons. The van der Waals surface area contributed by atoms with Crippen LogP contribution in [0.2, 0.25) is 0 Å². The van der Waals surface area contributed by atoms with E-state index in [1.165, 1.54) is 16.7 Å². The van der Waals surface area contributed by atoms with E-state index in [1.807, 2.05) is 0 Å². The lowest BCUT2D eigenvalue weighted by atomic mass is 10.0. The molecule has 0 amide bonds. The first-order valence-electron chi connectivity index (χ1n) is 4.25. The Balaban J connectivity index is 3.07. The maximum atomic E-state index is 5.41. The first-order valence-corrected chi connectivity index (χ1v) is 5.07. The van der Waals surface area contributed by atoms with E-state index >= 15 is 0 Å². The third-order valence-corrected chi connectivity index (χ3v) is 3.15. The second-order valence-corrected chi connectivity index (χ2v) is 3.64. The quantitative estimate of drug-likeness (QED) is 0.629. The average Bonchev–Trinajstić information content (AvgIpc) is 2.08. The minimum Gasteiger partial charge on any atom is -0.421 e. The van der Waals surface area contributed by atoms with Crippen molar-refractivity contribution >= 4 is 10.5 Å². The lowest BCUT2D eigenvalue weighted by Gasteiger charge is -2.14. The number of rotatable bonds is 2. The van der Waals surface area contributed by atoms with E-state index in [4.69, 9.17) is 4.43 Å². The van der Waals surface area contributed by atoms with Crippen LogP contribution in [0.15, 0.2) is 18.2 Å². The van der Waals surface area contributed by atoms with Gasteiger partial charge in [-0.25, -0.2) is 0 Å². The highest BCUT2D eigenvalue weighted by molar-refractivity contribution is 5.98. The van der Waals surface area contributed by atoms with Crippen LogP contribution >= 0.6 is 0 Å². The van der Waals surface area contributed by atoms with E-state index in [0.29, 0.717) is 0 Å². The largest absolute Gasteiger partial charge is 0.421 e. The van der Waals surface area contributed by atoms with Gasteiger partial charge in [0.05, 0.1) is 6.10 Å². The highest BCUT2D eigenvalue weighted by Gasteiger charge is 2.06. The molecule has 12 heavy (non-hydrogen) atoms. The monoisotopic (exact) mass is 180 g/mol. The minimum absolute atomic E-state index is 0.261. The Morgan fingerprint density at radius 2 is 2.00 bits per heavy atom. The van der Waals surface area contributed by atoms with Crippen LogP contribution in [0.4, 0.5) is 0 Å². The molecular weight excluding hydrogens is 164 g/mol. The summed E-state index contributed by atoms with van der Waals surface area (Å²) < 4.78 is 5.41. The van der Waals surface area contributed by atoms with Crippen molar-refractivity contribution in [1.82, 2.24) is 0 Å². The van der Waals surface area contributed by atoms with Gasteiger partial charge in [-0.1, -0.05) is 18.2 Å². The Morgan fingerprint density at radius 3 is 2.58 bits per heavy atom. The molecule has 2 heteroatoms. The molecule has 0 radical (unpaired) electrons. The van der Waals surface area contributed by atoms with Gasteiger partial charge in [-0.2, -0.15) is 0 Å². The minimum atomic E-state index is 0.261. The van der Waals surface area contributed by atoms with Gasteiger partial charge in [0.15, 0.2) is 0 Å². The van der Waals surface area contributed by atoms with Crippen LogP contribution < -0.4 is 0 Å². The highest BCUT2D eigenvalue weighted by Crippen LogP contribution is 2.21. The van der Waals surface area contributed by atoms with Crippen LogP contribution in [-0.4, -0.2) is 10.5 Å². The third-order valence-electron chi connectivity index (χ3n) is 2.44. The van der Waals surface area contributed by atoms with E-state index in [-0.39, 0.29) is 6.10 Å². The Labute approximate surface area is 77.3 Å². The van der Waals surface area contributed by atoms with E-state index in [1.54, 1.807) is 0 Å². The van der Waals surface area contributed by atoms with Crippen LogP contribution in [-0.2, 0) is 4.43 Å². The predicted molar refractivity (Wildman–Crippen MR) is 55.4 cm³/mol. The van der Waals surface area contributed by atoms with Crippen molar-refractivity contribution in [3.63, 3.8) is 0 Å². The Bertz CT molecular complexity index is 271. The van der Waals surface area contributed by atoms with Crippen molar-refractivity contribution in [2.45, 2.75) is 26.9 Å². The zero-order valence-corrected chi connectivity index (χ0v) is 10.2. The summed E-state index contributed by atoms with van der Waals surface area (Å²) in [5, 5.41) is 0. The van der Waals surface area contributed by atoms with E-state index in [9.17, 15) is 0 Å². The lowest BCUT2D eigenvalue weighted by Crippen LogP contribution is -2.00. The Kier molecular flexibility index (Phi) is 3.06. The van der Waals surface area contributed by atoms with Crippen molar-refractivity contribution < 1.29 is 4.43 Å². The average molecular weight is 180 g/mol. The zero-order valence-electron chi connectivity index (χ0n) is 8.22. The molecule has 0 spiro atoms. The van der Waals surface area contributed by atoms with Crippen molar-refractivity contribution in [3.8, 4) is 0 Å². The fraction of sp³-hybridized carbons (Fsp3) is 0.400. The maximum Gasteiger partial charge on any atom is 0.146 e. The predicted octanol–water partition coefficient (Wildman–Crippen LogP) is 1.66. The van der Waals surface area contributed by atoms with Gasteiger partial charge in [0.2, 0.25) is 0 Å². The smallest absolute Gasteiger partial charge is 0.146 e. The van der Waals surface area contributed by atoms with Crippen LogP contribution in [0.5, 0.6) is 0 Å². The summed E-state index contributed by atoms with van der Waals surface area (Å²) >= 11 is 0.